The van der Waals surface area contributed by atoms with Crippen LogP contribution < -0.4 is 5.14 Å². The van der Waals surface area contributed by atoms with Crippen LogP contribution in [0, 0.1) is 0 Å². The molecule has 24 heavy (non-hydrogen) atoms. The minimum atomic E-state index is -4.96. The van der Waals surface area contributed by atoms with E-state index < -0.39 is 33.5 Å². The first-order chi connectivity index (χ1) is 10.8. The van der Waals surface area contributed by atoms with Crippen LogP contribution in [0.25, 0.3) is 11.1 Å². The van der Waals surface area contributed by atoms with E-state index in [-0.39, 0.29) is 22.1 Å². The van der Waals surface area contributed by atoms with Gasteiger partial charge in [-0.1, -0.05) is 12.1 Å². The molecule has 0 unspecified atom stereocenters. The zero-order valence-corrected chi connectivity index (χ0v) is 12.4. The summed E-state index contributed by atoms with van der Waals surface area (Å²) in [6.45, 7) is 0. The molecule has 0 radical (unpaired) electrons. The summed E-state index contributed by atoms with van der Waals surface area (Å²) < 4.78 is 99.1. The minimum Gasteiger partial charge on any atom is -0.225 e. The van der Waals surface area contributed by atoms with E-state index in [9.17, 15) is 34.8 Å². The Morgan fingerprint density at radius 3 is 1.46 bits per heavy atom. The molecule has 0 saturated carbocycles. The van der Waals surface area contributed by atoms with Crippen molar-refractivity contribution in [2.24, 2.45) is 5.14 Å². The van der Waals surface area contributed by atoms with Crippen LogP contribution in [0.5, 0.6) is 0 Å². The molecule has 2 aromatic rings. The summed E-state index contributed by atoms with van der Waals surface area (Å²) in [5, 5.41) is 4.88. The predicted molar refractivity (Wildman–Crippen MR) is 73.3 cm³/mol. The van der Waals surface area contributed by atoms with E-state index in [1.807, 2.05) is 0 Å². The van der Waals surface area contributed by atoms with Crippen LogP contribution in [0.3, 0.4) is 0 Å². The molecule has 0 spiro atoms. The van der Waals surface area contributed by atoms with Crippen molar-refractivity contribution in [3.63, 3.8) is 0 Å². The van der Waals surface area contributed by atoms with Crippen molar-refractivity contribution in [3.05, 3.63) is 53.6 Å². The number of rotatable bonds is 2. The Morgan fingerprint density at radius 1 is 0.708 bits per heavy atom. The summed E-state index contributed by atoms with van der Waals surface area (Å²) in [4.78, 5) is -0.311. The molecule has 0 atom stereocenters. The summed E-state index contributed by atoms with van der Waals surface area (Å²) in [5.74, 6) is 0. The molecule has 0 aliphatic rings. The van der Waals surface area contributed by atoms with Gasteiger partial charge in [-0.3, -0.25) is 0 Å². The molecule has 0 bridgehead atoms. The monoisotopic (exact) mass is 369 g/mol. The van der Waals surface area contributed by atoms with Gasteiger partial charge in [0.2, 0.25) is 10.0 Å². The van der Waals surface area contributed by atoms with Gasteiger partial charge in [0.05, 0.1) is 16.0 Å². The lowest BCUT2D eigenvalue weighted by molar-refractivity contribution is -0.143. The number of halogens is 6. The fourth-order valence-corrected chi connectivity index (χ4v) is 2.47. The maximum Gasteiger partial charge on any atom is 0.416 e. The number of alkyl halides is 6. The average Bonchev–Trinajstić information content (AvgIpc) is 2.44. The zero-order chi connectivity index (χ0) is 18.3. The summed E-state index contributed by atoms with van der Waals surface area (Å²) in [7, 11) is -4.02. The highest BCUT2D eigenvalue weighted by Gasteiger charge is 2.37. The molecule has 3 nitrogen and oxygen atoms in total. The van der Waals surface area contributed by atoms with Crippen LogP contribution in [0.15, 0.2) is 47.4 Å². The highest BCUT2D eigenvalue weighted by Crippen LogP contribution is 2.38. The van der Waals surface area contributed by atoms with Gasteiger partial charge in [-0.25, -0.2) is 13.6 Å². The lowest BCUT2D eigenvalue weighted by atomic mass is 9.99. The second kappa shape index (κ2) is 5.78. The van der Waals surface area contributed by atoms with Crippen LogP contribution in [0.1, 0.15) is 11.1 Å². The second-order valence-electron chi connectivity index (χ2n) is 4.86. The van der Waals surface area contributed by atoms with Crippen LogP contribution in [0.2, 0.25) is 0 Å². The number of benzene rings is 2. The van der Waals surface area contributed by atoms with E-state index in [1.54, 1.807) is 0 Å². The molecule has 0 aliphatic heterocycles. The Bertz CT molecular complexity index is 822. The van der Waals surface area contributed by atoms with E-state index >= 15 is 0 Å². The maximum atomic E-state index is 12.8. The maximum absolute atomic E-state index is 12.8. The van der Waals surface area contributed by atoms with Crippen molar-refractivity contribution in [1.82, 2.24) is 0 Å². The molecule has 0 amide bonds. The Labute approximate surface area is 132 Å². The first-order valence-electron chi connectivity index (χ1n) is 6.21. The van der Waals surface area contributed by atoms with Gasteiger partial charge in [0.15, 0.2) is 0 Å². The van der Waals surface area contributed by atoms with Gasteiger partial charge < -0.3 is 0 Å². The van der Waals surface area contributed by atoms with Crippen molar-refractivity contribution >= 4 is 10.0 Å². The summed E-state index contributed by atoms with van der Waals surface area (Å²) in [5.41, 5.74) is -3.28. The number of sulfonamides is 1. The molecule has 10 heteroatoms. The highest BCUT2D eigenvalue weighted by molar-refractivity contribution is 7.89. The van der Waals surface area contributed by atoms with Crippen molar-refractivity contribution in [1.29, 1.82) is 0 Å². The number of hydrogen-bond donors (Lipinski definition) is 1. The molecule has 2 N–H and O–H groups in total. The zero-order valence-electron chi connectivity index (χ0n) is 11.6. The van der Waals surface area contributed by atoms with E-state index in [1.165, 1.54) is 0 Å². The Hall–Kier alpha value is -2.07. The third kappa shape index (κ3) is 4.06. The largest absolute Gasteiger partial charge is 0.416 e. The van der Waals surface area contributed by atoms with Crippen molar-refractivity contribution in [2.75, 3.05) is 0 Å². The molecule has 0 saturated heterocycles. The molecular formula is C14H9F6NO2S. The van der Waals surface area contributed by atoms with Crippen LogP contribution in [0.4, 0.5) is 26.3 Å². The lowest BCUT2D eigenvalue weighted by Crippen LogP contribution is -2.12. The molecule has 0 aromatic heterocycles. The fraction of sp³-hybridized carbons (Fsp3) is 0.143. The summed E-state index contributed by atoms with van der Waals surface area (Å²) in [6.07, 6.45) is -9.92. The number of primary sulfonamides is 1. The first-order valence-corrected chi connectivity index (χ1v) is 7.76. The number of hydrogen-bond acceptors (Lipinski definition) is 2. The van der Waals surface area contributed by atoms with Crippen molar-refractivity contribution in [2.45, 2.75) is 17.2 Å². The fourth-order valence-electron chi connectivity index (χ4n) is 1.96. The quantitative estimate of drug-likeness (QED) is 0.813. The predicted octanol–water partition coefficient (Wildman–Crippen LogP) is 4.04. The molecular weight excluding hydrogens is 360 g/mol. The van der Waals surface area contributed by atoms with Gasteiger partial charge in [0.1, 0.15) is 0 Å². The van der Waals surface area contributed by atoms with E-state index in [2.05, 4.69) is 0 Å². The van der Waals surface area contributed by atoms with Gasteiger partial charge in [-0.15, -0.1) is 0 Å². The first kappa shape index (κ1) is 18.3. The number of nitrogens with two attached hydrogens (primary N) is 1. The summed E-state index contributed by atoms with van der Waals surface area (Å²) in [6, 6.07) is 5.28. The third-order valence-corrected chi connectivity index (χ3v) is 4.03. The van der Waals surface area contributed by atoms with Gasteiger partial charge in [-0.2, -0.15) is 26.3 Å². The standard InChI is InChI=1S/C14H9F6NO2S/c15-13(16,17)10-5-9(6-11(7-10)14(18,19)20)8-1-3-12(4-2-8)24(21,22)23/h1-7H,(H2,21,22,23). The average molecular weight is 369 g/mol. The van der Waals surface area contributed by atoms with Gasteiger partial charge in [-0.05, 0) is 41.5 Å². The third-order valence-electron chi connectivity index (χ3n) is 3.10. The van der Waals surface area contributed by atoms with E-state index in [4.69, 9.17) is 5.14 Å². The molecule has 2 aromatic carbocycles. The lowest BCUT2D eigenvalue weighted by Gasteiger charge is -2.14. The molecule has 130 valence electrons. The van der Waals surface area contributed by atoms with Gasteiger partial charge in [0.25, 0.3) is 0 Å². The second-order valence-corrected chi connectivity index (χ2v) is 6.43. The normalized spacial score (nSPS) is 13.1. The Balaban J connectivity index is 2.61. The topological polar surface area (TPSA) is 60.2 Å². The van der Waals surface area contributed by atoms with Crippen LogP contribution in [-0.2, 0) is 22.4 Å². The SMILES string of the molecule is NS(=O)(=O)c1ccc(-c2cc(C(F)(F)F)cc(C(F)(F)F)c2)cc1. The highest BCUT2D eigenvalue weighted by atomic mass is 32.2. The van der Waals surface area contributed by atoms with Gasteiger partial charge in [0, 0.05) is 0 Å². The minimum absolute atomic E-state index is 0.0148. The smallest absolute Gasteiger partial charge is 0.225 e. The Kier molecular flexibility index (Phi) is 4.40. The summed E-state index contributed by atoms with van der Waals surface area (Å²) >= 11 is 0. The van der Waals surface area contributed by atoms with E-state index in [0.717, 1.165) is 24.3 Å². The van der Waals surface area contributed by atoms with Crippen LogP contribution >= 0.6 is 0 Å². The molecule has 0 heterocycles. The van der Waals surface area contributed by atoms with Crippen molar-refractivity contribution in [3.8, 4) is 11.1 Å². The Morgan fingerprint density at radius 2 is 1.12 bits per heavy atom. The van der Waals surface area contributed by atoms with Crippen LogP contribution in [-0.4, -0.2) is 8.42 Å². The van der Waals surface area contributed by atoms with Gasteiger partial charge >= 0.3 is 12.4 Å². The van der Waals surface area contributed by atoms with E-state index in [0.29, 0.717) is 12.1 Å². The van der Waals surface area contributed by atoms with Crippen molar-refractivity contribution < 1.29 is 34.8 Å². The molecule has 0 fully saturated rings. The molecule has 2 rings (SSSR count). The molecule has 0 aliphatic carbocycles.